The third-order valence-electron chi connectivity index (χ3n) is 1.84. The average Bonchev–Trinajstić information content (AvgIpc) is 2.16. The highest BCUT2D eigenvalue weighted by Gasteiger charge is 2.16. The van der Waals surface area contributed by atoms with Gasteiger partial charge in [0.25, 0.3) is 0 Å². The lowest BCUT2D eigenvalue weighted by Gasteiger charge is -2.20. The SMILES string of the molecule is C=C(CCSc1ccccc1)O[Si](C)(C)C. The first-order valence-electron chi connectivity index (χ1n) is 5.52. The second-order valence-electron chi connectivity index (χ2n) is 4.66. The van der Waals surface area contributed by atoms with Gasteiger partial charge in [0.05, 0.1) is 5.76 Å². The van der Waals surface area contributed by atoms with E-state index < -0.39 is 8.32 Å². The largest absolute Gasteiger partial charge is 0.548 e. The van der Waals surface area contributed by atoms with Crippen molar-refractivity contribution in [1.29, 1.82) is 0 Å². The summed E-state index contributed by atoms with van der Waals surface area (Å²) in [6.45, 7) is 10.5. The van der Waals surface area contributed by atoms with E-state index in [9.17, 15) is 0 Å². The van der Waals surface area contributed by atoms with Gasteiger partial charge in [-0.05, 0) is 31.8 Å². The zero-order valence-electron chi connectivity index (χ0n) is 10.3. The average molecular weight is 252 g/mol. The Morgan fingerprint density at radius 1 is 1.25 bits per heavy atom. The minimum atomic E-state index is -1.46. The third-order valence-corrected chi connectivity index (χ3v) is 3.76. The summed E-state index contributed by atoms with van der Waals surface area (Å²) < 4.78 is 5.81. The smallest absolute Gasteiger partial charge is 0.241 e. The van der Waals surface area contributed by atoms with Crippen molar-refractivity contribution in [2.24, 2.45) is 0 Å². The number of benzene rings is 1. The third kappa shape index (κ3) is 6.03. The van der Waals surface area contributed by atoms with Crippen LogP contribution in [-0.2, 0) is 4.43 Å². The Labute approximate surface area is 104 Å². The molecule has 0 aliphatic carbocycles. The summed E-state index contributed by atoms with van der Waals surface area (Å²) in [6, 6.07) is 10.4. The van der Waals surface area contributed by atoms with E-state index in [2.05, 4.69) is 50.5 Å². The molecule has 0 unspecified atom stereocenters. The highest BCUT2D eigenvalue weighted by atomic mass is 32.2. The van der Waals surface area contributed by atoms with E-state index >= 15 is 0 Å². The van der Waals surface area contributed by atoms with Crippen molar-refractivity contribution in [3.05, 3.63) is 42.7 Å². The lowest BCUT2D eigenvalue weighted by atomic mass is 10.4. The predicted octanol–water partition coefficient (Wildman–Crippen LogP) is 4.53. The second kappa shape index (κ2) is 6.16. The number of allylic oxidation sites excluding steroid dienone is 1. The van der Waals surface area contributed by atoms with E-state index in [1.165, 1.54) is 4.90 Å². The van der Waals surface area contributed by atoms with Crippen LogP contribution in [0, 0.1) is 0 Å². The molecular formula is C13H20OSSi. The van der Waals surface area contributed by atoms with Crippen LogP contribution >= 0.6 is 11.8 Å². The summed E-state index contributed by atoms with van der Waals surface area (Å²) >= 11 is 1.85. The molecule has 0 spiro atoms. The van der Waals surface area contributed by atoms with Gasteiger partial charge in [0.15, 0.2) is 0 Å². The molecule has 1 aromatic rings. The molecule has 0 radical (unpaired) electrons. The maximum absolute atomic E-state index is 5.81. The van der Waals surface area contributed by atoms with E-state index in [0.717, 1.165) is 17.9 Å². The Kier molecular flexibility index (Phi) is 5.15. The van der Waals surface area contributed by atoms with Crippen LogP contribution in [0.4, 0.5) is 0 Å². The van der Waals surface area contributed by atoms with Crippen molar-refractivity contribution in [3.8, 4) is 0 Å². The van der Waals surface area contributed by atoms with Crippen molar-refractivity contribution in [1.82, 2.24) is 0 Å². The molecule has 0 atom stereocenters. The van der Waals surface area contributed by atoms with E-state index in [1.807, 2.05) is 17.8 Å². The van der Waals surface area contributed by atoms with Crippen LogP contribution in [0.3, 0.4) is 0 Å². The van der Waals surface area contributed by atoms with Gasteiger partial charge in [-0.1, -0.05) is 24.8 Å². The molecule has 16 heavy (non-hydrogen) atoms. The molecule has 0 fully saturated rings. The van der Waals surface area contributed by atoms with Crippen molar-refractivity contribution in [2.45, 2.75) is 31.0 Å². The molecule has 1 aromatic carbocycles. The molecule has 0 bridgehead atoms. The van der Waals surface area contributed by atoms with Crippen molar-refractivity contribution in [2.75, 3.05) is 5.75 Å². The predicted molar refractivity (Wildman–Crippen MR) is 75.4 cm³/mol. The van der Waals surface area contributed by atoms with Gasteiger partial charge in [0.1, 0.15) is 0 Å². The fourth-order valence-electron chi connectivity index (χ4n) is 1.28. The molecule has 0 N–H and O–H groups in total. The Morgan fingerprint density at radius 2 is 1.88 bits per heavy atom. The molecule has 0 aromatic heterocycles. The summed E-state index contributed by atoms with van der Waals surface area (Å²) in [5.41, 5.74) is 0. The maximum Gasteiger partial charge on any atom is 0.241 e. The van der Waals surface area contributed by atoms with Crippen molar-refractivity contribution < 1.29 is 4.43 Å². The molecule has 0 amide bonds. The summed E-state index contributed by atoms with van der Waals surface area (Å²) in [5, 5.41) is 0. The first kappa shape index (κ1) is 13.4. The first-order valence-corrected chi connectivity index (χ1v) is 9.91. The Hall–Kier alpha value is -0.673. The lowest BCUT2D eigenvalue weighted by Crippen LogP contribution is -2.24. The fraction of sp³-hybridized carbons (Fsp3) is 0.385. The van der Waals surface area contributed by atoms with Crippen molar-refractivity contribution >= 4 is 20.1 Å². The van der Waals surface area contributed by atoms with Gasteiger partial charge in [-0.3, -0.25) is 0 Å². The standard InChI is InChI=1S/C13H20OSSi/c1-12(14-16(2,3)4)10-11-15-13-8-6-5-7-9-13/h5-9H,1,10-11H2,2-4H3. The van der Waals surface area contributed by atoms with Crippen LogP contribution in [0.5, 0.6) is 0 Å². The van der Waals surface area contributed by atoms with Gasteiger partial charge >= 0.3 is 0 Å². The van der Waals surface area contributed by atoms with Gasteiger partial charge in [-0.25, -0.2) is 0 Å². The number of thioether (sulfide) groups is 1. The zero-order valence-corrected chi connectivity index (χ0v) is 12.1. The van der Waals surface area contributed by atoms with Crippen LogP contribution in [0.1, 0.15) is 6.42 Å². The molecule has 3 heteroatoms. The Balaban J connectivity index is 2.24. The minimum Gasteiger partial charge on any atom is -0.548 e. The van der Waals surface area contributed by atoms with Crippen LogP contribution in [0.25, 0.3) is 0 Å². The van der Waals surface area contributed by atoms with E-state index in [0.29, 0.717) is 0 Å². The van der Waals surface area contributed by atoms with E-state index in [1.54, 1.807) is 0 Å². The molecule has 1 rings (SSSR count). The molecule has 0 aliphatic heterocycles. The van der Waals surface area contributed by atoms with Crippen LogP contribution < -0.4 is 0 Å². The monoisotopic (exact) mass is 252 g/mol. The maximum atomic E-state index is 5.81. The van der Waals surface area contributed by atoms with Crippen molar-refractivity contribution in [3.63, 3.8) is 0 Å². The second-order valence-corrected chi connectivity index (χ2v) is 10.3. The molecule has 0 saturated carbocycles. The highest BCUT2D eigenvalue weighted by molar-refractivity contribution is 7.99. The summed E-state index contributed by atoms with van der Waals surface area (Å²) in [4.78, 5) is 1.31. The zero-order chi connectivity index (χ0) is 12.0. The fourth-order valence-corrected chi connectivity index (χ4v) is 3.17. The minimum absolute atomic E-state index is 0.933. The van der Waals surface area contributed by atoms with E-state index in [4.69, 9.17) is 4.43 Å². The Morgan fingerprint density at radius 3 is 2.44 bits per heavy atom. The first-order chi connectivity index (χ1) is 7.47. The van der Waals surface area contributed by atoms with Gasteiger partial charge in [-0.2, -0.15) is 0 Å². The van der Waals surface area contributed by atoms with Crippen LogP contribution in [0.15, 0.2) is 47.6 Å². The lowest BCUT2D eigenvalue weighted by molar-refractivity contribution is 0.409. The quantitative estimate of drug-likeness (QED) is 0.418. The molecule has 0 heterocycles. The van der Waals surface area contributed by atoms with Crippen LogP contribution in [-0.4, -0.2) is 14.1 Å². The topological polar surface area (TPSA) is 9.23 Å². The number of rotatable bonds is 6. The summed E-state index contributed by atoms with van der Waals surface area (Å²) in [5.74, 6) is 1.97. The molecule has 0 saturated heterocycles. The molecule has 1 nitrogen and oxygen atoms in total. The normalized spacial score (nSPS) is 11.2. The number of hydrogen-bond acceptors (Lipinski definition) is 2. The molecule has 88 valence electrons. The molecule has 0 aliphatic rings. The highest BCUT2D eigenvalue weighted by Crippen LogP contribution is 2.20. The molecular weight excluding hydrogens is 232 g/mol. The summed E-state index contributed by atoms with van der Waals surface area (Å²) in [6.07, 6.45) is 0.934. The van der Waals surface area contributed by atoms with Gasteiger partial charge in [0.2, 0.25) is 8.32 Å². The van der Waals surface area contributed by atoms with Gasteiger partial charge in [0, 0.05) is 17.1 Å². The van der Waals surface area contributed by atoms with Crippen LogP contribution in [0.2, 0.25) is 19.6 Å². The Bertz CT molecular complexity index is 330. The van der Waals surface area contributed by atoms with Gasteiger partial charge < -0.3 is 4.43 Å². The van der Waals surface area contributed by atoms with E-state index in [-0.39, 0.29) is 0 Å². The number of hydrogen-bond donors (Lipinski definition) is 0. The summed E-state index contributed by atoms with van der Waals surface area (Å²) in [7, 11) is -1.46. The van der Waals surface area contributed by atoms with Gasteiger partial charge in [-0.15, -0.1) is 11.8 Å².